The van der Waals surface area contributed by atoms with Gasteiger partial charge in [-0.3, -0.25) is 4.79 Å². The van der Waals surface area contributed by atoms with Crippen molar-refractivity contribution in [3.05, 3.63) is 35.4 Å². The standard InChI is InChI=1S/C20H26F2N2O2/c1-2-24-14-19(26-20(6-7-20)18(24)25)8-11-23(12-9-19)10-5-15-13-16(21)3-4-17(15)22/h3-4,13H,2,5-12,14H2,1H3. The van der Waals surface area contributed by atoms with Crippen LogP contribution in [0.15, 0.2) is 18.2 Å². The number of amides is 1. The number of carbonyl (C=O) groups excluding carboxylic acids is 1. The van der Waals surface area contributed by atoms with Crippen LogP contribution in [0.4, 0.5) is 8.78 Å². The number of likely N-dealkylation sites (N-methyl/N-ethyl adjacent to an activating group) is 1. The van der Waals surface area contributed by atoms with Crippen LogP contribution in [0.3, 0.4) is 0 Å². The zero-order valence-electron chi connectivity index (χ0n) is 15.3. The molecule has 4 nitrogen and oxygen atoms in total. The van der Waals surface area contributed by atoms with E-state index in [1.54, 1.807) is 0 Å². The van der Waals surface area contributed by atoms with Crippen molar-refractivity contribution >= 4 is 5.91 Å². The molecule has 1 amide bonds. The quantitative estimate of drug-likeness (QED) is 0.824. The fourth-order valence-electron chi connectivity index (χ4n) is 4.34. The molecule has 1 aliphatic carbocycles. The molecule has 0 N–H and O–H groups in total. The van der Waals surface area contributed by atoms with E-state index in [1.165, 1.54) is 12.1 Å². The van der Waals surface area contributed by atoms with Crippen LogP contribution in [0.2, 0.25) is 0 Å². The van der Waals surface area contributed by atoms with Gasteiger partial charge < -0.3 is 14.5 Å². The van der Waals surface area contributed by atoms with Crippen molar-refractivity contribution in [2.24, 2.45) is 0 Å². The Balaban J connectivity index is 1.35. The molecule has 0 radical (unpaired) electrons. The van der Waals surface area contributed by atoms with Gasteiger partial charge in [-0.2, -0.15) is 0 Å². The van der Waals surface area contributed by atoms with Crippen LogP contribution in [0.5, 0.6) is 0 Å². The largest absolute Gasteiger partial charge is 0.357 e. The minimum absolute atomic E-state index is 0.162. The van der Waals surface area contributed by atoms with E-state index in [4.69, 9.17) is 4.74 Å². The van der Waals surface area contributed by atoms with Crippen molar-refractivity contribution < 1.29 is 18.3 Å². The van der Waals surface area contributed by atoms with Gasteiger partial charge in [0.1, 0.15) is 17.2 Å². The number of ether oxygens (including phenoxy) is 1. The van der Waals surface area contributed by atoms with Crippen molar-refractivity contribution in [2.75, 3.05) is 32.7 Å². The molecule has 1 saturated carbocycles. The molecule has 6 heteroatoms. The van der Waals surface area contributed by atoms with Crippen LogP contribution < -0.4 is 0 Å². The lowest BCUT2D eigenvalue weighted by atomic mass is 9.87. The molecular weight excluding hydrogens is 338 g/mol. The molecule has 2 heterocycles. The molecule has 142 valence electrons. The van der Waals surface area contributed by atoms with Crippen molar-refractivity contribution in [3.8, 4) is 0 Å². The number of hydrogen-bond acceptors (Lipinski definition) is 3. The monoisotopic (exact) mass is 364 g/mol. The average Bonchev–Trinajstić information content (AvgIpc) is 3.40. The predicted molar refractivity (Wildman–Crippen MR) is 93.8 cm³/mol. The Morgan fingerprint density at radius 1 is 1.15 bits per heavy atom. The lowest BCUT2D eigenvalue weighted by Crippen LogP contribution is -2.62. The molecule has 0 atom stereocenters. The summed E-state index contributed by atoms with van der Waals surface area (Å²) in [4.78, 5) is 16.7. The SMILES string of the molecule is CCN1CC2(CCN(CCc3cc(F)ccc3F)CC2)OC2(CC2)C1=O. The van der Waals surface area contributed by atoms with E-state index in [0.717, 1.165) is 51.4 Å². The molecule has 0 aromatic heterocycles. The van der Waals surface area contributed by atoms with Crippen LogP contribution in [0.25, 0.3) is 0 Å². The second-order valence-corrected chi connectivity index (χ2v) is 7.93. The van der Waals surface area contributed by atoms with Gasteiger partial charge in [0.05, 0.1) is 5.60 Å². The molecule has 0 bridgehead atoms. The Labute approximate surface area is 153 Å². The smallest absolute Gasteiger partial charge is 0.254 e. The number of nitrogens with zero attached hydrogens (tertiary/aromatic N) is 2. The number of morpholine rings is 1. The average molecular weight is 364 g/mol. The van der Waals surface area contributed by atoms with E-state index >= 15 is 0 Å². The third-order valence-corrected chi connectivity index (χ3v) is 6.13. The van der Waals surface area contributed by atoms with E-state index in [2.05, 4.69) is 4.90 Å². The van der Waals surface area contributed by atoms with Crippen LogP contribution in [0.1, 0.15) is 38.2 Å². The number of rotatable bonds is 4. The number of piperidine rings is 1. The summed E-state index contributed by atoms with van der Waals surface area (Å²) in [6.07, 6.45) is 3.94. The lowest BCUT2D eigenvalue weighted by Gasteiger charge is -2.50. The van der Waals surface area contributed by atoms with Gasteiger partial charge in [-0.15, -0.1) is 0 Å². The topological polar surface area (TPSA) is 32.8 Å². The third-order valence-electron chi connectivity index (χ3n) is 6.13. The zero-order chi connectivity index (χ0) is 18.4. The molecule has 4 rings (SSSR count). The van der Waals surface area contributed by atoms with Gasteiger partial charge in [0.25, 0.3) is 5.91 Å². The van der Waals surface area contributed by atoms with Gasteiger partial charge in [-0.05, 0) is 62.8 Å². The minimum Gasteiger partial charge on any atom is -0.357 e. The van der Waals surface area contributed by atoms with Gasteiger partial charge in [-0.1, -0.05) is 0 Å². The highest BCUT2D eigenvalue weighted by Crippen LogP contribution is 2.49. The second kappa shape index (κ2) is 6.57. The van der Waals surface area contributed by atoms with Crippen LogP contribution in [-0.4, -0.2) is 59.6 Å². The van der Waals surface area contributed by atoms with Gasteiger partial charge in [0.15, 0.2) is 0 Å². The number of likely N-dealkylation sites (tertiary alicyclic amines) is 1. The molecule has 26 heavy (non-hydrogen) atoms. The maximum absolute atomic E-state index is 13.8. The van der Waals surface area contributed by atoms with E-state index in [-0.39, 0.29) is 17.3 Å². The molecule has 2 aliphatic heterocycles. The first kappa shape index (κ1) is 17.9. The number of benzene rings is 1. The number of hydrogen-bond donors (Lipinski definition) is 0. The Bertz CT molecular complexity index is 697. The van der Waals surface area contributed by atoms with Gasteiger partial charge in [0, 0.05) is 32.7 Å². The number of halogens is 2. The first-order valence-electron chi connectivity index (χ1n) is 9.61. The number of carbonyl (C=O) groups is 1. The Morgan fingerprint density at radius 3 is 2.54 bits per heavy atom. The minimum atomic E-state index is -0.541. The fourth-order valence-corrected chi connectivity index (χ4v) is 4.34. The van der Waals surface area contributed by atoms with Crippen LogP contribution >= 0.6 is 0 Å². The van der Waals surface area contributed by atoms with Gasteiger partial charge in [0.2, 0.25) is 0 Å². The predicted octanol–water partition coefficient (Wildman–Crippen LogP) is 2.75. The Kier molecular flexibility index (Phi) is 4.51. The molecule has 3 fully saturated rings. The first-order valence-corrected chi connectivity index (χ1v) is 9.61. The highest BCUT2D eigenvalue weighted by molar-refractivity contribution is 5.89. The summed E-state index contributed by atoms with van der Waals surface area (Å²) >= 11 is 0. The maximum atomic E-state index is 13.8. The molecule has 3 aliphatic rings. The summed E-state index contributed by atoms with van der Waals surface area (Å²) < 4.78 is 33.5. The summed E-state index contributed by atoms with van der Waals surface area (Å²) in [5.74, 6) is -0.577. The molecule has 1 aromatic carbocycles. The van der Waals surface area contributed by atoms with Crippen molar-refractivity contribution in [1.82, 2.24) is 9.80 Å². The summed E-state index contributed by atoms with van der Waals surface area (Å²) in [5, 5.41) is 0. The lowest BCUT2D eigenvalue weighted by molar-refractivity contribution is -0.200. The summed E-state index contributed by atoms with van der Waals surface area (Å²) in [6, 6.07) is 3.63. The third kappa shape index (κ3) is 3.25. The van der Waals surface area contributed by atoms with E-state index in [9.17, 15) is 13.6 Å². The van der Waals surface area contributed by atoms with Crippen molar-refractivity contribution in [1.29, 1.82) is 0 Å². The van der Waals surface area contributed by atoms with E-state index in [1.807, 2.05) is 11.8 Å². The Morgan fingerprint density at radius 2 is 1.88 bits per heavy atom. The molecule has 0 unspecified atom stereocenters. The summed E-state index contributed by atoms with van der Waals surface area (Å²) in [5.41, 5.74) is -0.346. The van der Waals surface area contributed by atoms with Gasteiger partial charge >= 0.3 is 0 Å². The van der Waals surface area contributed by atoms with E-state index < -0.39 is 11.4 Å². The molecule has 2 spiro atoms. The summed E-state index contributed by atoms with van der Waals surface area (Å²) in [7, 11) is 0. The van der Waals surface area contributed by atoms with Crippen molar-refractivity contribution in [3.63, 3.8) is 0 Å². The molecule has 1 aromatic rings. The molecular formula is C20H26F2N2O2. The molecule has 2 saturated heterocycles. The summed E-state index contributed by atoms with van der Waals surface area (Å²) in [6.45, 7) is 5.86. The Hall–Kier alpha value is -1.53. The highest BCUT2D eigenvalue weighted by Gasteiger charge is 2.61. The zero-order valence-corrected chi connectivity index (χ0v) is 15.3. The van der Waals surface area contributed by atoms with Crippen molar-refractivity contribution in [2.45, 2.75) is 50.2 Å². The normalized spacial score (nSPS) is 24.4. The van der Waals surface area contributed by atoms with Gasteiger partial charge in [-0.25, -0.2) is 8.78 Å². The van der Waals surface area contributed by atoms with E-state index in [0.29, 0.717) is 25.1 Å². The first-order chi connectivity index (χ1) is 12.5. The van der Waals surface area contributed by atoms with Crippen LogP contribution in [0, 0.1) is 11.6 Å². The fraction of sp³-hybridized carbons (Fsp3) is 0.650. The van der Waals surface area contributed by atoms with Crippen LogP contribution in [-0.2, 0) is 16.0 Å². The highest BCUT2D eigenvalue weighted by atomic mass is 19.1. The second-order valence-electron chi connectivity index (χ2n) is 7.93. The maximum Gasteiger partial charge on any atom is 0.254 e.